The lowest BCUT2D eigenvalue weighted by molar-refractivity contribution is 0.281. The van der Waals surface area contributed by atoms with E-state index in [-0.39, 0.29) is 0 Å². The van der Waals surface area contributed by atoms with Gasteiger partial charge in [-0.15, -0.1) is 0 Å². The van der Waals surface area contributed by atoms with Crippen molar-refractivity contribution in [2.24, 2.45) is 0 Å². The molecule has 78 valence electrons. The van der Waals surface area contributed by atoms with Crippen LogP contribution < -0.4 is 5.32 Å². The first-order valence-electron chi connectivity index (χ1n) is 5.77. The second kappa shape index (κ2) is 7.34. The summed E-state index contributed by atoms with van der Waals surface area (Å²) in [6, 6.07) is 0.794. The van der Waals surface area contributed by atoms with Crippen LogP contribution in [0.4, 0.5) is 0 Å². The van der Waals surface area contributed by atoms with Gasteiger partial charge in [-0.1, -0.05) is 19.3 Å². The standard InChI is InChI=1S/C11H23NO/c13-10-6-2-5-9-12-11-7-3-1-4-8-11/h11-13H,1-10H2. The van der Waals surface area contributed by atoms with Gasteiger partial charge < -0.3 is 10.4 Å². The second-order valence-electron chi connectivity index (χ2n) is 4.07. The van der Waals surface area contributed by atoms with Gasteiger partial charge in [0.2, 0.25) is 0 Å². The Hall–Kier alpha value is -0.0800. The van der Waals surface area contributed by atoms with Gasteiger partial charge in [0.1, 0.15) is 0 Å². The van der Waals surface area contributed by atoms with E-state index in [1.54, 1.807) is 0 Å². The maximum absolute atomic E-state index is 8.59. The van der Waals surface area contributed by atoms with Gasteiger partial charge in [0.25, 0.3) is 0 Å². The lowest BCUT2D eigenvalue weighted by atomic mass is 9.95. The maximum Gasteiger partial charge on any atom is 0.0431 e. The van der Waals surface area contributed by atoms with Gasteiger partial charge in [0.15, 0.2) is 0 Å². The smallest absolute Gasteiger partial charge is 0.0431 e. The largest absolute Gasteiger partial charge is 0.396 e. The number of aliphatic hydroxyl groups excluding tert-OH is 1. The third kappa shape index (κ3) is 5.27. The number of unbranched alkanes of at least 4 members (excludes halogenated alkanes) is 2. The van der Waals surface area contributed by atoms with Crippen molar-refractivity contribution in [2.45, 2.75) is 57.4 Å². The van der Waals surface area contributed by atoms with Crippen LogP contribution in [-0.2, 0) is 0 Å². The van der Waals surface area contributed by atoms with Crippen LogP contribution in [0.25, 0.3) is 0 Å². The molecule has 1 aliphatic rings. The van der Waals surface area contributed by atoms with Crippen LogP contribution in [0.3, 0.4) is 0 Å². The molecule has 0 aliphatic heterocycles. The van der Waals surface area contributed by atoms with Crippen molar-refractivity contribution in [1.29, 1.82) is 0 Å². The summed E-state index contributed by atoms with van der Waals surface area (Å²) in [5.41, 5.74) is 0. The second-order valence-corrected chi connectivity index (χ2v) is 4.07. The molecular weight excluding hydrogens is 162 g/mol. The quantitative estimate of drug-likeness (QED) is 0.621. The van der Waals surface area contributed by atoms with Crippen molar-refractivity contribution in [1.82, 2.24) is 5.32 Å². The summed E-state index contributed by atoms with van der Waals surface area (Å²) < 4.78 is 0. The highest BCUT2D eigenvalue weighted by atomic mass is 16.2. The summed E-state index contributed by atoms with van der Waals surface area (Å²) in [5.74, 6) is 0. The summed E-state index contributed by atoms with van der Waals surface area (Å²) >= 11 is 0. The van der Waals surface area contributed by atoms with Crippen LogP contribution in [-0.4, -0.2) is 24.3 Å². The molecule has 1 fully saturated rings. The molecule has 0 amide bonds. The van der Waals surface area contributed by atoms with E-state index in [0.717, 1.165) is 25.4 Å². The highest BCUT2D eigenvalue weighted by Gasteiger charge is 2.11. The Morgan fingerprint density at radius 3 is 2.46 bits per heavy atom. The monoisotopic (exact) mass is 185 g/mol. The summed E-state index contributed by atoms with van der Waals surface area (Å²) in [5, 5.41) is 12.2. The molecule has 1 rings (SSSR count). The molecule has 0 heterocycles. The zero-order valence-electron chi connectivity index (χ0n) is 8.60. The minimum absolute atomic E-state index is 0.351. The molecule has 0 spiro atoms. The van der Waals surface area contributed by atoms with Crippen LogP contribution in [0.2, 0.25) is 0 Å². The van der Waals surface area contributed by atoms with Crippen molar-refractivity contribution in [2.75, 3.05) is 13.2 Å². The van der Waals surface area contributed by atoms with Crippen molar-refractivity contribution in [3.05, 3.63) is 0 Å². The number of rotatable bonds is 6. The zero-order valence-corrected chi connectivity index (χ0v) is 8.60. The highest BCUT2D eigenvalue weighted by molar-refractivity contribution is 4.71. The predicted octanol–water partition coefficient (Wildman–Crippen LogP) is 2.07. The fourth-order valence-electron chi connectivity index (χ4n) is 2.03. The molecule has 13 heavy (non-hydrogen) atoms. The normalized spacial score (nSPS) is 19.2. The molecule has 0 saturated heterocycles. The van der Waals surface area contributed by atoms with E-state index >= 15 is 0 Å². The molecule has 1 aliphatic carbocycles. The van der Waals surface area contributed by atoms with E-state index in [4.69, 9.17) is 5.11 Å². The lowest BCUT2D eigenvalue weighted by Crippen LogP contribution is -2.31. The van der Waals surface area contributed by atoms with Gasteiger partial charge in [-0.2, -0.15) is 0 Å². The Kier molecular flexibility index (Phi) is 6.21. The van der Waals surface area contributed by atoms with E-state index < -0.39 is 0 Å². The third-order valence-electron chi connectivity index (χ3n) is 2.87. The first-order valence-corrected chi connectivity index (χ1v) is 5.77. The van der Waals surface area contributed by atoms with E-state index in [1.807, 2.05) is 0 Å². The SMILES string of the molecule is OCCCCCNC1CCCCC1. The average molecular weight is 185 g/mol. The van der Waals surface area contributed by atoms with Crippen LogP contribution in [0.15, 0.2) is 0 Å². The van der Waals surface area contributed by atoms with E-state index in [2.05, 4.69) is 5.32 Å². The lowest BCUT2D eigenvalue weighted by Gasteiger charge is -2.22. The molecule has 0 radical (unpaired) electrons. The fraction of sp³-hybridized carbons (Fsp3) is 1.00. The summed E-state index contributed by atoms with van der Waals surface area (Å²) in [6.07, 6.45) is 10.4. The minimum Gasteiger partial charge on any atom is -0.396 e. The Balaban J connectivity index is 1.86. The molecule has 0 aromatic heterocycles. The Bertz CT molecular complexity index is 111. The Morgan fingerprint density at radius 1 is 1.00 bits per heavy atom. The van der Waals surface area contributed by atoms with Crippen molar-refractivity contribution in [3.63, 3.8) is 0 Å². The molecule has 2 N–H and O–H groups in total. The zero-order chi connectivity index (χ0) is 9.36. The van der Waals surface area contributed by atoms with Gasteiger partial charge in [-0.25, -0.2) is 0 Å². The molecule has 0 bridgehead atoms. The summed E-state index contributed by atoms with van der Waals surface area (Å²) in [4.78, 5) is 0. The number of hydrogen-bond acceptors (Lipinski definition) is 2. The minimum atomic E-state index is 0.351. The predicted molar refractivity (Wildman–Crippen MR) is 55.8 cm³/mol. The van der Waals surface area contributed by atoms with Crippen molar-refractivity contribution in [3.8, 4) is 0 Å². The molecule has 0 unspecified atom stereocenters. The molecule has 0 aromatic rings. The topological polar surface area (TPSA) is 32.3 Å². The molecule has 0 aromatic carbocycles. The fourth-order valence-corrected chi connectivity index (χ4v) is 2.03. The Morgan fingerprint density at radius 2 is 1.77 bits per heavy atom. The molecule has 2 nitrogen and oxygen atoms in total. The van der Waals surface area contributed by atoms with E-state index in [9.17, 15) is 0 Å². The van der Waals surface area contributed by atoms with Crippen LogP contribution in [0.5, 0.6) is 0 Å². The molecule has 1 saturated carbocycles. The third-order valence-corrected chi connectivity index (χ3v) is 2.87. The first-order chi connectivity index (χ1) is 6.43. The number of nitrogens with one attached hydrogen (secondary N) is 1. The Labute approximate surface area is 81.7 Å². The molecule has 0 atom stereocenters. The molecular formula is C11H23NO. The highest BCUT2D eigenvalue weighted by Crippen LogP contribution is 2.17. The number of aliphatic hydroxyl groups is 1. The van der Waals surface area contributed by atoms with Crippen LogP contribution in [0, 0.1) is 0 Å². The van der Waals surface area contributed by atoms with E-state index in [1.165, 1.54) is 38.5 Å². The van der Waals surface area contributed by atoms with Crippen molar-refractivity contribution >= 4 is 0 Å². The molecule has 2 heteroatoms. The summed E-state index contributed by atoms with van der Waals surface area (Å²) in [7, 11) is 0. The van der Waals surface area contributed by atoms with Crippen LogP contribution >= 0.6 is 0 Å². The first kappa shape index (κ1) is 11.0. The van der Waals surface area contributed by atoms with Gasteiger partial charge in [0, 0.05) is 12.6 Å². The summed E-state index contributed by atoms with van der Waals surface area (Å²) in [6.45, 7) is 1.49. The van der Waals surface area contributed by atoms with Gasteiger partial charge in [-0.05, 0) is 38.6 Å². The average Bonchev–Trinajstić information content (AvgIpc) is 2.19. The maximum atomic E-state index is 8.59. The van der Waals surface area contributed by atoms with Gasteiger partial charge >= 0.3 is 0 Å². The van der Waals surface area contributed by atoms with Gasteiger partial charge in [0.05, 0.1) is 0 Å². The van der Waals surface area contributed by atoms with E-state index in [0.29, 0.717) is 6.61 Å². The number of hydrogen-bond donors (Lipinski definition) is 2. The van der Waals surface area contributed by atoms with Gasteiger partial charge in [-0.3, -0.25) is 0 Å². The van der Waals surface area contributed by atoms with Crippen molar-refractivity contribution < 1.29 is 5.11 Å². The van der Waals surface area contributed by atoms with Crippen LogP contribution in [0.1, 0.15) is 51.4 Å².